The molecule has 2 atom stereocenters. The van der Waals surface area contributed by atoms with Gasteiger partial charge in [-0.15, -0.1) is 0 Å². The molecule has 0 aromatic heterocycles. The second-order valence-electron chi connectivity index (χ2n) is 4.35. The highest BCUT2D eigenvalue weighted by molar-refractivity contribution is 6.00. The zero-order chi connectivity index (χ0) is 16.1. The standard InChI is InChI=1S/C13H14N4O5/c18-13(14-9-3-1-5-11(7-9)16(19)20)15-10-4-2-6-12(8-10)17(21)22/h1-8,16-17,19,21H,(H2,14,15,18). The monoisotopic (exact) mass is 306 g/mol. The van der Waals surface area contributed by atoms with Crippen molar-refractivity contribution in [2.45, 2.75) is 0 Å². The van der Waals surface area contributed by atoms with Crippen LogP contribution < -0.4 is 21.1 Å². The van der Waals surface area contributed by atoms with Gasteiger partial charge in [-0.2, -0.15) is 10.5 Å². The molecule has 0 spiro atoms. The van der Waals surface area contributed by atoms with Crippen molar-refractivity contribution in [3.05, 3.63) is 58.9 Å². The molecule has 9 nitrogen and oxygen atoms in total. The number of benzene rings is 2. The molecule has 0 aliphatic heterocycles. The summed E-state index contributed by atoms with van der Waals surface area (Å²) < 4.78 is 0. The minimum Gasteiger partial charge on any atom is -0.595 e. The molecule has 0 fully saturated rings. The van der Waals surface area contributed by atoms with E-state index in [2.05, 4.69) is 10.6 Å². The van der Waals surface area contributed by atoms with Crippen LogP contribution in [0.1, 0.15) is 0 Å². The predicted octanol–water partition coefficient (Wildman–Crippen LogP) is 0.137. The Morgan fingerprint density at radius 1 is 0.864 bits per heavy atom. The van der Waals surface area contributed by atoms with Gasteiger partial charge in [0.1, 0.15) is 0 Å². The molecule has 0 saturated carbocycles. The lowest BCUT2D eigenvalue weighted by Crippen LogP contribution is -2.99. The highest BCUT2D eigenvalue weighted by Gasteiger charge is 2.07. The average molecular weight is 306 g/mol. The largest absolute Gasteiger partial charge is 0.595 e. The third-order valence-electron chi connectivity index (χ3n) is 2.73. The number of amides is 2. The number of hydrogen-bond donors (Lipinski definition) is 6. The molecule has 2 aromatic carbocycles. The number of hydrogen-bond acceptors (Lipinski definition) is 5. The Kier molecular flexibility index (Phi) is 5.01. The first-order valence-corrected chi connectivity index (χ1v) is 6.20. The van der Waals surface area contributed by atoms with Crippen LogP contribution in [0.25, 0.3) is 0 Å². The maximum Gasteiger partial charge on any atom is 0.323 e. The quantitative estimate of drug-likeness (QED) is 0.446. The number of quaternary nitrogens is 2. The van der Waals surface area contributed by atoms with Gasteiger partial charge in [-0.3, -0.25) is 0 Å². The molecule has 0 radical (unpaired) electrons. The fraction of sp³-hybridized carbons (Fsp3) is 0. The zero-order valence-corrected chi connectivity index (χ0v) is 11.2. The first-order valence-electron chi connectivity index (χ1n) is 6.20. The second kappa shape index (κ2) is 6.95. The van der Waals surface area contributed by atoms with E-state index in [-0.39, 0.29) is 11.4 Å². The van der Waals surface area contributed by atoms with E-state index in [0.29, 0.717) is 11.4 Å². The molecule has 0 saturated heterocycles. The van der Waals surface area contributed by atoms with Gasteiger partial charge in [-0.05, 0) is 12.1 Å². The summed E-state index contributed by atoms with van der Waals surface area (Å²) in [6.07, 6.45) is 0. The smallest absolute Gasteiger partial charge is 0.323 e. The highest BCUT2D eigenvalue weighted by atomic mass is 16.8. The van der Waals surface area contributed by atoms with E-state index in [1.165, 1.54) is 36.4 Å². The predicted molar refractivity (Wildman–Crippen MR) is 77.1 cm³/mol. The van der Waals surface area contributed by atoms with Crippen LogP contribution in [0.2, 0.25) is 0 Å². The van der Waals surface area contributed by atoms with Crippen LogP contribution in [-0.4, -0.2) is 16.4 Å². The van der Waals surface area contributed by atoms with Crippen molar-refractivity contribution in [2.24, 2.45) is 0 Å². The molecule has 6 N–H and O–H groups in total. The van der Waals surface area contributed by atoms with Gasteiger partial charge in [0.05, 0.1) is 0 Å². The van der Waals surface area contributed by atoms with Gasteiger partial charge in [0.2, 0.25) is 0 Å². The van der Waals surface area contributed by atoms with Gasteiger partial charge in [0, 0.05) is 35.6 Å². The van der Waals surface area contributed by atoms with Crippen LogP contribution in [0.4, 0.5) is 27.5 Å². The Morgan fingerprint density at radius 2 is 1.27 bits per heavy atom. The summed E-state index contributed by atoms with van der Waals surface area (Å²) in [6, 6.07) is 10.9. The first-order chi connectivity index (χ1) is 10.5. The van der Waals surface area contributed by atoms with Crippen LogP contribution in [0.3, 0.4) is 0 Å². The molecule has 22 heavy (non-hydrogen) atoms. The molecular weight excluding hydrogens is 292 g/mol. The topological polar surface area (TPSA) is 137 Å². The van der Waals surface area contributed by atoms with Crippen LogP contribution >= 0.6 is 0 Å². The fourth-order valence-corrected chi connectivity index (χ4v) is 1.75. The van der Waals surface area contributed by atoms with E-state index in [4.69, 9.17) is 10.4 Å². The summed E-state index contributed by atoms with van der Waals surface area (Å²) in [5.41, 5.74) is 0.718. The maximum atomic E-state index is 11.8. The molecule has 0 bridgehead atoms. The lowest BCUT2D eigenvalue weighted by molar-refractivity contribution is -0.991. The van der Waals surface area contributed by atoms with Crippen molar-refractivity contribution in [3.8, 4) is 0 Å². The van der Waals surface area contributed by atoms with E-state index in [0.717, 1.165) is 0 Å². The lowest BCUT2D eigenvalue weighted by atomic mass is 10.2. The molecular formula is C13H14N4O5. The van der Waals surface area contributed by atoms with Crippen molar-refractivity contribution in [1.82, 2.24) is 0 Å². The van der Waals surface area contributed by atoms with Crippen LogP contribution in [-0.2, 0) is 0 Å². The van der Waals surface area contributed by atoms with Gasteiger partial charge in [0.15, 0.2) is 11.4 Å². The number of urea groups is 1. The van der Waals surface area contributed by atoms with Crippen molar-refractivity contribution >= 4 is 28.8 Å². The molecule has 2 rings (SSSR count). The van der Waals surface area contributed by atoms with Crippen molar-refractivity contribution < 1.29 is 25.7 Å². The second-order valence-corrected chi connectivity index (χ2v) is 4.35. The van der Waals surface area contributed by atoms with Crippen LogP contribution in [0.15, 0.2) is 48.5 Å². The SMILES string of the molecule is O=C(Nc1cccc([NH+]([O-])O)c1)Nc1cccc([NH+]([O-])O)c1. The van der Waals surface area contributed by atoms with Gasteiger partial charge in [-0.1, -0.05) is 12.1 Å². The van der Waals surface area contributed by atoms with E-state index in [1.54, 1.807) is 12.1 Å². The number of carbonyl (C=O) groups is 1. The molecule has 2 aromatic rings. The van der Waals surface area contributed by atoms with E-state index in [1.807, 2.05) is 0 Å². The number of anilines is 2. The summed E-state index contributed by atoms with van der Waals surface area (Å²) in [5, 5.41) is 42.2. The van der Waals surface area contributed by atoms with Crippen LogP contribution in [0.5, 0.6) is 0 Å². The van der Waals surface area contributed by atoms with Crippen molar-refractivity contribution in [1.29, 1.82) is 0 Å². The molecule has 9 heteroatoms. The fourth-order valence-electron chi connectivity index (χ4n) is 1.75. The minimum atomic E-state index is -1.10. The Hall–Kier alpha value is -2.53. The summed E-state index contributed by atoms with van der Waals surface area (Å²) in [6.45, 7) is 0. The lowest BCUT2D eigenvalue weighted by Gasteiger charge is -2.14. The third kappa shape index (κ3) is 4.23. The molecule has 0 heterocycles. The Bertz CT molecular complexity index is 607. The first kappa shape index (κ1) is 15.9. The third-order valence-corrected chi connectivity index (χ3v) is 2.73. The summed E-state index contributed by atoms with van der Waals surface area (Å²) in [7, 11) is 0. The van der Waals surface area contributed by atoms with Gasteiger partial charge in [0.25, 0.3) is 0 Å². The van der Waals surface area contributed by atoms with Gasteiger partial charge in [-0.25, -0.2) is 15.2 Å². The highest BCUT2D eigenvalue weighted by Crippen LogP contribution is 2.14. The van der Waals surface area contributed by atoms with Crippen molar-refractivity contribution in [3.63, 3.8) is 0 Å². The average Bonchev–Trinajstić information content (AvgIpc) is 2.47. The molecule has 2 amide bonds. The molecule has 2 unspecified atom stereocenters. The van der Waals surface area contributed by atoms with E-state index >= 15 is 0 Å². The van der Waals surface area contributed by atoms with Crippen molar-refractivity contribution in [2.75, 3.05) is 10.6 Å². The number of nitrogens with one attached hydrogen (secondary N) is 4. The van der Waals surface area contributed by atoms with Gasteiger partial charge < -0.3 is 21.0 Å². The van der Waals surface area contributed by atoms with E-state index < -0.39 is 16.5 Å². The maximum absolute atomic E-state index is 11.8. The minimum absolute atomic E-state index is 0.0469. The summed E-state index contributed by atoms with van der Waals surface area (Å²) in [4.78, 5) is 11.8. The Morgan fingerprint density at radius 3 is 1.64 bits per heavy atom. The zero-order valence-electron chi connectivity index (χ0n) is 11.2. The number of rotatable bonds is 4. The van der Waals surface area contributed by atoms with E-state index in [9.17, 15) is 15.2 Å². The summed E-state index contributed by atoms with van der Waals surface area (Å²) >= 11 is 0. The van der Waals surface area contributed by atoms with Crippen LogP contribution in [0, 0.1) is 10.4 Å². The number of carbonyl (C=O) groups excluding carboxylic acids is 1. The Balaban J connectivity index is 2.04. The van der Waals surface area contributed by atoms with Gasteiger partial charge >= 0.3 is 6.03 Å². The molecule has 0 aliphatic carbocycles. The molecule has 116 valence electrons. The Labute approximate surface area is 125 Å². The molecule has 0 aliphatic rings. The normalized spacial score (nSPS) is 13.3. The summed E-state index contributed by atoms with van der Waals surface area (Å²) in [5.74, 6) is 0.